The van der Waals surface area contributed by atoms with E-state index >= 15 is 0 Å². The molecular formula is C22H22N2O7S2. The van der Waals surface area contributed by atoms with Gasteiger partial charge in [-0.1, -0.05) is 42.1 Å². The quantitative estimate of drug-likeness (QED) is 0.592. The van der Waals surface area contributed by atoms with E-state index < -0.39 is 34.9 Å². The van der Waals surface area contributed by atoms with Crippen LogP contribution < -0.4 is 9.64 Å². The Balaban J connectivity index is 1.50. The van der Waals surface area contributed by atoms with E-state index in [9.17, 15) is 18.0 Å². The minimum atomic E-state index is -3.19. The van der Waals surface area contributed by atoms with Gasteiger partial charge in [0.05, 0.1) is 17.5 Å². The number of hydrogen-bond acceptors (Lipinski definition) is 7. The molecule has 0 unspecified atom stereocenters. The van der Waals surface area contributed by atoms with Crippen LogP contribution in [0.15, 0.2) is 59.6 Å². The maximum absolute atomic E-state index is 12.2. The van der Waals surface area contributed by atoms with E-state index in [1.807, 2.05) is 30.3 Å². The van der Waals surface area contributed by atoms with Gasteiger partial charge >= 0.3 is 5.97 Å². The summed E-state index contributed by atoms with van der Waals surface area (Å²) in [4.78, 5) is 28.6. The Morgan fingerprint density at radius 1 is 1.06 bits per heavy atom. The highest BCUT2D eigenvalue weighted by molar-refractivity contribution is 8.16. The number of carbonyl (C=O) groups is 2. The topological polar surface area (TPSA) is 123 Å². The number of thioether (sulfide) groups is 1. The minimum Gasteiger partial charge on any atom is -0.489 e. The average Bonchev–Trinajstić information content (AvgIpc) is 3.23. The van der Waals surface area contributed by atoms with Crippen molar-refractivity contribution < 1.29 is 32.6 Å². The van der Waals surface area contributed by atoms with Crippen molar-refractivity contribution in [3.63, 3.8) is 0 Å². The molecule has 0 radical (unpaired) electrons. The molecule has 2 aliphatic rings. The highest BCUT2D eigenvalue weighted by Crippen LogP contribution is 2.41. The zero-order valence-electron chi connectivity index (χ0n) is 17.5. The molecule has 0 aliphatic carbocycles. The second-order valence-electron chi connectivity index (χ2n) is 7.61. The Hall–Kier alpha value is -2.89. The molecule has 174 valence electrons. The lowest BCUT2D eigenvalue weighted by Crippen LogP contribution is -2.37. The van der Waals surface area contributed by atoms with Gasteiger partial charge in [-0.05, 0) is 29.8 Å². The fraction of sp³-hybridized carbons (Fsp3) is 0.318. The van der Waals surface area contributed by atoms with E-state index in [-0.39, 0.29) is 22.8 Å². The van der Waals surface area contributed by atoms with Crippen LogP contribution in [0.25, 0.3) is 0 Å². The Bertz CT molecular complexity index is 1150. The van der Waals surface area contributed by atoms with Gasteiger partial charge in [0.2, 0.25) is 0 Å². The SMILES string of the molecule is O=C(O)COCC(=O)N=C1S[C@H]2CS(=O)(=O)C[C@@H]2N1c1ccc(OCc2ccccc2)cc1. The lowest BCUT2D eigenvalue weighted by Gasteiger charge is -2.24. The summed E-state index contributed by atoms with van der Waals surface area (Å²) >= 11 is 1.24. The molecule has 0 saturated carbocycles. The third-order valence-corrected chi connectivity index (χ3v) is 8.31. The zero-order valence-corrected chi connectivity index (χ0v) is 19.1. The maximum atomic E-state index is 12.2. The first-order valence-corrected chi connectivity index (χ1v) is 12.8. The van der Waals surface area contributed by atoms with Crippen molar-refractivity contribution >= 4 is 44.3 Å². The summed E-state index contributed by atoms with van der Waals surface area (Å²) in [5, 5.41) is 8.77. The number of hydrogen-bond donors (Lipinski definition) is 1. The molecule has 2 heterocycles. The summed E-state index contributed by atoms with van der Waals surface area (Å²) in [5.74, 6) is -1.17. The predicted molar refractivity (Wildman–Crippen MR) is 124 cm³/mol. The first kappa shape index (κ1) is 23.3. The standard InChI is InChI=1S/C22H22N2O7S2/c25-20(11-30-12-21(26)27)23-22-24(18-13-33(28,29)14-19(18)32-22)16-6-8-17(9-7-16)31-10-15-4-2-1-3-5-15/h1-9,18-19H,10-14H2,(H,26,27)/t18-,19-/m0/s1. The molecule has 11 heteroatoms. The van der Waals surface area contributed by atoms with Crippen molar-refractivity contribution in [2.24, 2.45) is 4.99 Å². The van der Waals surface area contributed by atoms with Crippen LogP contribution in [0.2, 0.25) is 0 Å². The number of ether oxygens (including phenoxy) is 2. The first-order chi connectivity index (χ1) is 15.8. The molecule has 2 aromatic rings. The van der Waals surface area contributed by atoms with Crippen molar-refractivity contribution in [3.8, 4) is 5.75 Å². The summed E-state index contributed by atoms with van der Waals surface area (Å²) in [6.07, 6.45) is 0. The van der Waals surface area contributed by atoms with Crippen LogP contribution >= 0.6 is 11.8 Å². The molecule has 1 N–H and O–H groups in total. The van der Waals surface area contributed by atoms with Crippen molar-refractivity contribution in [3.05, 3.63) is 60.2 Å². The number of aliphatic imine (C=N–C) groups is 1. The first-order valence-electron chi connectivity index (χ1n) is 10.1. The van der Waals surface area contributed by atoms with Crippen molar-refractivity contribution in [1.29, 1.82) is 0 Å². The monoisotopic (exact) mass is 490 g/mol. The van der Waals surface area contributed by atoms with Gasteiger partial charge < -0.3 is 19.5 Å². The number of benzene rings is 2. The van der Waals surface area contributed by atoms with Crippen LogP contribution in [0.4, 0.5) is 5.69 Å². The Kier molecular flexibility index (Phi) is 7.01. The molecule has 2 saturated heterocycles. The van der Waals surface area contributed by atoms with Crippen LogP contribution in [0.3, 0.4) is 0 Å². The number of aliphatic carboxylic acids is 1. The smallest absolute Gasteiger partial charge is 0.329 e. The molecule has 0 aromatic heterocycles. The van der Waals surface area contributed by atoms with Crippen LogP contribution in [-0.4, -0.2) is 66.6 Å². The third kappa shape index (κ3) is 5.92. The number of amides is 1. The van der Waals surface area contributed by atoms with Gasteiger partial charge in [-0.25, -0.2) is 13.2 Å². The number of carbonyl (C=O) groups excluding carboxylic acids is 1. The third-order valence-electron chi connectivity index (χ3n) is 5.10. The molecule has 4 rings (SSSR count). The highest BCUT2D eigenvalue weighted by atomic mass is 32.2. The molecular weight excluding hydrogens is 468 g/mol. The molecule has 2 aromatic carbocycles. The van der Waals surface area contributed by atoms with Crippen LogP contribution in [0, 0.1) is 0 Å². The summed E-state index contributed by atoms with van der Waals surface area (Å²) in [7, 11) is -3.19. The van der Waals surface area contributed by atoms with Crippen LogP contribution in [-0.2, 0) is 30.8 Å². The number of sulfone groups is 1. The molecule has 2 aliphatic heterocycles. The van der Waals surface area contributed by atoms with Gasteiger partial charge in [0, 0.05) is 10.9 Å². The summed E-state index contributed by atoms with van der Waals surface area (Å²) in [6.45, 7) is -0.647. The van der Waals surface area contributed by atoms with E-state index in [0.717, 1.165) is 5.56 Å². The Morgan fingerprint density at radius 3 is 2.48 bits per heavy atom. The van der Waals surface area contributed by atoms with Crippen molar-refractivity contribution in [2.75, 3.05) is 29.6 Å². The van der Waals surface area contributed by atoms with E-state index in [2.05, 4.69) is 4.99 Å². The van der Waals surface area contributed by atoms with Gasteiger partial charge in [0.25, 0.3) is 5.91 Å². The number of rotatable bonds is 8. The second-order valence-corrected chi connectivity index (χ2v) is 11.0. The van der Waals surface area contributed by atoms with Crippen LogP contribution in [0.1, 0.15) is 5.56 Å². The fourth-order valence-corrected chi connectivity index (χ4v) is 7.61. The van der Waals surface area contributed by atoms with Gasteiger partial charge in [-0.15, -0.1) is 0 Å². The summed E-state index contributed by atoms with van der Waals surface area (Å²) in [6, 6.07) is 16.6. The number of amidine groups is 1. The molecule has 9 nitrogen and oxygen atoms in total. The molecule has 33 heavy (non-hydrogen) atoms. The van der Waals surface area contributed by atoms with Gasteiger partial charge in [-0.3, -0.25) is 4.79 Å². The molecule has 0 spiro atoms. The number of anilines is 1. The van der Waals surface area contributed by atoms with Crippen molar-refractivity contribution in [1.82, 2.24) is 0 Å². The largest absolute Gasteiger partial charge is 0.489 e. The maximum Gasteiger partial charge on any atom is 0.329 e. The van der Waals surface area contributed by atoms with Gasteiger partial charge in [0.1, 0.15) is 25.6 Å². The van der Waals surface area contributed by atoms with Gasteiger partial charge in [0.15, 0.2) is 15.0 Å². The van der Waals surface area contributed by atoms with Crippen LogP contribution in [0.5, 0.6) is 5.75 Å². The predicted octanol–water partition coefficient (Wildman–Crippen LogP) is 1.97. The fourth-order valence-electron chi connectivity index (χ4n) is 3.67. The molecule has 0 bridgehead atoms. The Morgan fingerprint density at radius 2 is 1.79 bits per heavy atom. The van der Waals surface area contributed by atoms with E-state index in [1.54, 1.807) is 29.2 Å². The number of carboxylic acid groups (broad SMARTS) is 1. The number of carboxylic acids is 1. The van der Waals surface area contributed by atoms with Gasteiger partial charge in [-0.2, -0.15) is 4.99 Å². The summed E-state index contributed by atoms with van der Waals surface area (Å²) in [5.41, 5.74) is 1.73. The summed E-state index contributed by atoms with van der Waals surface area (Å²) < 4.78 is 35.0. The average molecular weight is 491 g/mol. The number of nitrogens with zero attached hydrogens (tertiary/aromatic N) is 2. The highest BCUT2D eigenvalue weighted by Gasteiger charge is 2.49. The van der Waals surface area contributed by atoms with E-state index in [1.165, 1.54) is 11.8 Å². The number of fused-ring (bicyclic) bond motifs is 1. The molecule has 1 amide bonds. The minimum absolute atomic E-state index is 0.0137. The van der Waals surface area contributed by atoms with E-state index in [4.69, 9.17) is 14.6 Å². The normalized spacial score (nSPS) is 22.3. The molecule has 2 fully saturated rings. The van der Waals surface area contributed by atoms with Crippen molar-refractivity contribution in [2.45, 2.75) is 17.9 Å². The van der Waals surface area contributed by atoms with E-state index in [0.29, 0.717) is 23.2 Å². The Labute approximate surface area is 195 Å². The lowest BCUT2D eigenvalue weighted by molar-refractivity contribution is -0.143. The second kappa shape index (κ2) is 9.94. The zero-order chi connectivity index (χ0) is 23.4. The molecule has 2 atom stereocenters. The lowest BCUT2D eigenvalue weighted by atomic mass is 10.2.